The van der Waals surface area contributed by atoms with Gasteiger partial charge in [-0.3, -0.25) is 0 Å². The quantitative estimate of drug-likeness (QED) is 0.217. The van der Waals surface area contributed by atoms with Gasteiger partial charge in [0.2, 0.25) is 0 Å². The molecule has 21 heavy (non-hydrogen) atoms. The summed E-state index contributed by atoms with van der Waals surface area (Å²) in [4.78, 5) is 0. The molecule has 0 nitrogen and oxygen atoms in total. The highest BCUT2D eigenvalue weighted by molar-refractivity contribution is 5.20. The maximum absolute atomic E-state index is 3.90. The second kappa shape index (κ2) is 17.3. The normalized spacial score (nSPS) is 10.7. The first-order valence-electron chi connectivity index (χ1n) is 8.92. The molecule has 0 rings (SSSR count). The van der Waals surface area contributed by atoms with Crippen LogP contribution in [-0.4, -0.2) is 0 Å². The molecule has 0 N–H and O–H groups in total. The van der Waals surface area contributed by atoms with E-state index in [-0.39, 0.29) is 0 Å². The number of rotatable bonds is 10. The molecule has 0 aliphatic heterocycles. The zero-order valence-electron chi connectivity index (χ0n) is 15.7. The third-order valence-corrected chi connectivity index (χ3v) is 3.46. The molecule has 0 aliphatic rings. The first-order chi connectivity index (χ1) is 9.97. The Bertz CT molecular complexity index is 287. The minimum Gasteiger partial charge on any atom is -0.100 e. The summed E-state index contributed by atoms with van der Waals surface area (Å²) in [5, 5.41) is 0. The van der Waals surface area contributed by atoms with E-state index >= 15 is 0 Å². The third kappa shape index (κ3) is 21.7. The van der Waals surface area contributed by atoms with Gasteiger partial charge in [0.15, 0.2) is 0 Å². The topological polar surface area (TPSA) is 0 Å². The summed E-state index contributed by atoms with van der Waals surface area (Å²) in [7, 11) is 0. The van der Waals surface area contributed by atoms with Crippen molar-refractivity contribution in [3.63, 3.8) is 0 Å². The van der Waals surface area contributed by atoms with Crippen LogP contribution < -0.4 is 0 Å². The molecule has 0 aromatic rings. The summed E-state index contributed by atoms with van der Waals surface area (Å²) in [6, 6.07) is 0. The van der Waals surface area contributed by atoms with Gasteiger partial charge < -0.3 is 0 Å². The Labute approximate surface area is 135 Å². The van der Waals surface area contributed by atoms with Crippen LogP contribution in [0.4, 0.5) is 0 Å². The van der Waals surface area contributed by atoms with Crippen molar-refractivity contribution in [1.82, 2.24) is 0 Å². The molecule has 0 radical (unpaired) electrons. The molecule has 0 aliphatic carbocycles. The van der Waals surface area contributed by atoms with Crippen LogP contribution in [0.15, 0.2) is 35.5 Å². The highest BCUT2D eigenvalue weighted by Crippen LogP contribution is 2.10. The molecule has 0 aromatic carbocycles. The predicted molar refractivity (Wildman–Crippen MR) is 101 cm³/mol. The van der Waals surface area contributed by atoms with Crippen molar-refractivity contribution in [1.29, 1.82) is 0 Å². The van der Waals surface area contributed by atoms with Crippen molar-refractivity contribution in [2.75, 3.05) is 0 Å². The Balaban J connectivity index is 0. The maximum atomic E-state index is 3.90. The summed E-state index contributed by atoms with van der Waals surface area (Å²) in [6.45, 7) is 16.8. The highest BCUT2D eigenvalue weighted by Gasteiger charge is 1.90. The molecule has 0 saturated carbocycles. The van der Waals surface area contributed by atoms with Gasteiger partial charge in [-0.2, -0.15) is 0 Å². The van der Waals surface area contributed by atoms with Crippen molar-refractivity contribution in [2.24, 2.45) is 0 Å². The number of allylic oxidation sites excluding steroid dienone is 5. The summed E-state index contributed by atoms with van der Waals surface area (Å²) < 4.78 is 0. The van der Waals surface area contributed by atoms with Crippen LogP contribution in [-0.2, 0) is 0 Å². The van der Waals surface area contributed by atoms with Gasteiger partial charge in [-0.1, -0.05) is 81.2 Å². The Hall–Kier alpha value is -0.780. The lowest BCUT2D eigenvalue weighted by molar-refractivity contribution is 0.589. The highest BCUT2D eigenvalue weighted by atomic mass is 14.0. The molecule has 0 aromatic heterocycles. The SMILES string of the molecule is C/C=C(\C=C(C)C)CC.C=C(C)CCCCCCCCC. The number of hydrogen-bond acceptors (Lipinski definition) is 0. The predicted octanol–water partition coefficient (Wildman–Crippen LogP) is 8.01. The average molecular weight is 293 g/mol. The number of hydrogen-bond donors (Lipinski definition) is 0. The standard InChI is InChI=1S/C12H24.C9H16/c1-4-5-6-7-8-9-10-11-12(2)3;1-5-9(6-2)7-8(3)4/h2,4-11H2,1,3H3;5,7H,6H2,1-4H3/b;9-5-. The Morgan fingerprint density at radius 1 is 0.857 bits per heavy atom. The van der Waals surface area contributed by atoms with E-state index in [0.717, 1.165) is 6.42 Å². The largest absolute Gasteiger partial charge is 0.100 e. The molecule has 124 valence electrons. The van der Waals surface area contributed by atoms with Gasteiger partial charge >= 0.3 is 0 Å². The van der Waals surface area contributed by atoms with Crippen LogP contribution in [0, 0.1) is 0 Å². The average Bonchev–Trinajstić information content (AvgIpc) is 2.44. The second-order valence-electron chi connectivity index (χ2n) is 6.27. The lowest BCUT2D eigenvalue weighted by Gasteiger charge is -2.00. The van der Waals surface area contributed by atoms with Gasteiger partial charge in [0.1, 0.15) is 0 Å². The molecular weight excluding hydrogens is 252 g/mol. The van der Waals surface area contributed by atoms with E-state index in [1.807, 2.05) is 0 Å². The fourth-order valence-electron chi connectivity index (χ4n) is 2.14. The first kappa shape index (κ1) is 22.5. The van der Waals surface area contributed by atoms with Gasteiger partial charge in [-0.05, 0) is 47.0 Å². The van der Waals surface area contributed by atoms with E-state index in [2.05, 4.69) is 60.3 Å². The van der Waals surface area contributed by atoms with Gasteiger partial charge in [-0.15, -0.1) is 6.58 Å². The lowest BCUT2D eigenvalue weighted by atomic mass is 10.1. The fourth-order valence-corrected chi connectivity index (χ4v) is 2.14. The van der Waals surface area contributed by atoms with Gasteiger partial charge in [0.05, 0.1) is 0 Å². The fraction of sp³-hybridized carbons (Fsp3) is 0.714. The van der Waals surface area contributed by atoms with Gasteiger partial charge in [0.25, 0.3) is 0 Å². The molecule has 0 fully saturated rings. The Kier molecular flexibility index (Phi) is 18.5. The maximum Gasteiger partial charge on any atom is -0.0311 e. The van der Waals surface area contributed by atoms with Gasteiger partial charge in [-0.25, -0.2) is 0 Å². The monoisotopic (exact) mass is 292 g/mol. The van der Waals surface area contributed by atoms with Crippen molar-refractivity contribution >= 4 is 0 Å². The van der Waals surface area contributed by atoms with Crippen LogP contribution in [0.3, 0.4) is 0 Å². The summed E-state index contributed by atoms with van der Waals surface area (Å²) >= 11 is 0. The molecule has 0 amide bonds. The second-order valence-corrected chi connectivity index (χ2v) is 6.27. The first-order valence-corrected chi connectivity index (χ1v) is 8.92. The van der Waals surface area contributed by atoms with E-state index in [9.17, 15) is 0 Å². The lowest BCUT2D eigenvalue weighted by Crippen LogP contribution is -1.80. The van der Waals surface area contributed by atoms with Crippen molar-refractivity contribution in [3.8, 4) is 0 Å². The van der Waals surface area contributed by atoms with Crippen LogP contribution >= 0.6 is 0 Å². The van der Waals surface area contributed by atoms with Crippen molar-refractivity contribution in [2.45, 2.75) is 99.3 Å². The van der Waals surface area contributed by atoms with Crippen LogP contribution in [0.25, 0.3) is 0 Å². The van der Waals surface area contributed by atoms with Crippen LogP contribution in [0.2, 0.25) is 0 Å². The Morgan fingerprint density at radius 3 is 1.71 bits per heavy atom. The molecule has 0 saturated heterocycles. The van der Waals surface area contributed by atoms with E-state index in [0.29, 0.717) is 0 Å². The summed E-state index contributed by atoms with van der Waals surface area (Å²) in [6.07, 6.45) is 16.6. The van der Waals surface area contributed by atoms with E-state index in [1.54, 1.807) is 0 Å². The number of unbranched alkanes of at least 4 members (excludes halogenated alkanes) is 6. The van der Waals surface area contributed by atoms with E-state index in [4.69, 9.17) is 0 Å². The zero-order chi connectivity index (χ0) is 16.5. The Morgan fingerprint density at radius 2 is 1.38 bits per heavy atom. The van der Waals surface area contributed by atoms with E-state index in [1.165, 1.54) is 68.1 Å². The molecule has 0 heterocycles. The molecule has 0 bridgehead atoms. The minimum absolute atomic E-state index is 1.14. The van der Waals surface area contributed by atoms with Crippen LogP contribution in [0.5, 0.6) is 0 Å². The minimum atomic E-state index is 1.14. The summed E-state index contributed by atoms with van der Waals surface area (Å²) in [5.41, 5.74) is 4.14. The molecular formula is C21H40. The van der Waals surface area contributed by atoms with Crippen LogP contribution in [0.1, 0.15) is 99.3 Å². The smallest absolute Gasteiger partial charge is 0.0311 e. The molecule has 0 heteroatoms. The zero-order valence-corrected chi connectivity index (χ0v) is 15.7. The molecule has 0 atom stereocenters. The van der Waals surface area contributed by atoms with Crippen molar-refractivity contribution in [3.05, 3.63) is 35.5 Å². The third-order valence-electron chi connectivity index (χ3n) is 3.46. The van der Waals surface area contributed by atoms with E-state index < -0.39 is 0 Å². The summed E-state index contributed by atoms with van der Waals surface area (Å²) in [5.74, 6) is 0. The molecule has 0 unspecified atom stereocenters. The van der Waals surface area contributed by atoms with Gasteiger partial charge in [0, 0.05) is 0 Å². The van der Waals surface area contributed by atoms with Crippen molar-refractivity contribution < 1.29 is 0 Å². The molecule has 0 spiro atoms.